The van der Waals surface area contributed by atoms with Crippen LogP contribution in [0.2, 0.25) is 0 Å². The van der Waals surface area contributed by atoms with Crippen LogP contribution in [0.15, 0.2) is 0 Å². The van der Waals surface area contributed by atoms with E-state index >= 15 is 0 Å². The molecule has 0 aliphatic heterocycles. The minimum atomic E-state index is -4.40. The third-order valence-electron chi connectivity index (χ3n) is 3.75. The Balaban J connectivity index is 0. The quantitative estimate of drug-likeness (QED) is 0.301. The zero-order valence-corrected chi connectivity index (χ0v) is 18.0. The largest absolute Gasteiger partial charge is 1.00 e. The third-order valence-corrected chi connectivity index (χ3v) is 5.04. The van der Waals surface area contributed by atoms with Gasteiger partial charge in [0.2, 0.25) is 0 Å². The first-order chi connectivity index (χ1) is 9.43. The van der Waals surface area contributed by atoms with Gasteiger partial charge in [-0.3, -0.25) is 0 Å². The second kappa shape index (κ2) is 15.1. The van der Waals surface area contributed by atoms with Gasteiger partial charge in [0.1, 0.15) is 10.1 Å². The van der Waals surface area contributed by atoms with Crippen molar-refractivity contribution in [2.24, 2.45) is 0 Å². The summed E-state index contributed by atoms with van der Waals surface area (Å²) >= 11 is 0. The van der Waals surface area contributed by atoms with Crippen molar-refractivity contribution in [3.8, 4) is 0 Å². The summed E-state index contributed by atoms with van der Waals surface area (Å²) in [5.41, 5.74) is 0. The summed E-state index contributed by atoms with van der Waals surface area (Å²) in [5.74, 6) is 0. The Morgan fingerprint density at radius 2 is 1.29 bits per heavy atom. The van der Waals surface area contributed by atoms with Gasteiger partial charge in [0.15, 0.2) is 0 Å². The summed E-state index contributed by atoms with van der Waals surface area (Å²) in [6, 6.07) is 0. The van der Waals surface area contributed by atoms with E-state index in [0.29, 0.717) is 19.3 Å². The molecule has 0 saturated heterocycles. The number of hydrogen-bond acceptors (Lipinski definition) is 4. The van der Waals surface area contributed by atoms with Gasteiger partial charge in [-0.1, -0.05) is 71.6 Å². The van der Waals surface area contributed by atoms with Crippen molar-refractivity contribution in [3.63, 3.8) is 0 Å². The fraction of sp³-hybridized carbons (Fsp3) is 1.00. The fourth-order valence-corrected chi connectivity index (χ4v) is 3.42. The summed E-state index contributed by atoms with van der Waals surface area (Å²) in [4.78, 5) is 0. The van der Waals surface area contributed by atoms with Crippen molar-refractivity contribution < 1.29 is 69.5 Å². The Hall–Kier alpha value is 1.51. The Morgan fingerprint density at radius 1 is 0.857 bits per heavy atom. The van der Waals surface area contributed by atoms with E-state index in [4.69, 9.17) is 0 Å². The Labute approximate surface area is 173 Å². The van der Waals surface area contributed by atoms with E-state index < -0.39 is 21.5 Å². The topological polar surface area (TPSA) is 77.4 Å². The summed E-state index contributed by atoms with van der Waals surface area (Å²) in [5, 5.41) is 8.81. The van der Waals surface area contributed by atoms with Crippen LogP contribution in [0.3, 0.4) is 0 Å². The molecule has 21 heavy (non-hydrogen) atoms. The van der Waals surface area contributed by atoms with Crippen LogP contribution in [0.5, 0.6) is 0 Å². The van der Waals surface area contributed by atoms with Crippen LogP contribution < -0.4 is 51.4 Å². The van der Waals surface area contributed by atoms with Gasteiger partial charge in [-0.05, 0) is 12.8 Å². The maximum absolute atomic E-state index is 11.3. The van der Waals surface area contributed by atoms with Crippen LogP contribution in [0.25, 0.3) is 0 Å². The molecule has 0 aliphatic carbocycles. The maximum Gasteiger partial charge on any atom is 1.00 e. The molecule has 0 aromatic carbocycles. The van der Waals surface area contributed by atoms with Gasteiger partial charge in [-0.25, -0.2) is 8.42 Å². The maximum atomic E-state index is 11.3. The molecule has 2 unspecified atom stereocenters. The molecule has 0 aromatic heterocycles. The summed E-state index contributed by atoms with van der Waals surface area (Å²) in [7, 11) is -4.40. The SMILES string of the molecule is CCCCCCCCC(C(O)CCCCC)S(=O)(=O)[O-].[K+]. The number of rotatable bonds is 13. The van der Waals surface area contributed by atoms with Crippen LogP contribution >= 0.6 is 0 Å². The van der Waals surface area contributed by atoms with E-state index in [-0.39, 0.29) is 51.4 Å². The summed E-state index contributed by atoms with van der Waals surface area (Å²) in [6.45, 7) is 4.19. The van der Waals surface area contributed by atoms with Gasteiger partial charge >= 0.3 is 51.4 Å². The number of aliphatic hydroxyl groups excluding tert-OH is 1. The molecule has 0 aliphatic rings. The number of aliphatic hydroxyl groups is 1. The molecular weight excluding hydrogens is 315 g/mol. The van der Waals surface area contributed by atoms with Crippen molar-refractivity contribution in [2.75, 3.05) is 0 Å². The first-order valence-electron chi connectivity index (χ1n) is 8.06. The Bertz CT molecular complexity index is 320. The Kier molecular flexibility index (Phi) is 17.8. The monoisotopic (exact) mass is 346 g/mol. The molecule has 122 valence electrons. The molecule has 0 aromatic rings. The third kappa shape index (κ3) is 13.6. The van der Waals surface area contributed by atoms with Crippen LogP contribution in [-0.2, 0) is 10.1 Å². The molecule has 0 rings (SSSR count). The van der Waals surface area contributed by atoms with Crippen molar-refractivity contribution in [1.29, 1.82) is 0 Å². The summed E-state index contributed by atoms with van der Waals surface area (Å²) < 4.78 is 33.8. The van der Waals surface area contributed by atoms with Crippen molar-refractivity contribution >= 4 is 10.1 Å². The number of unbranched alkanes of at least 4 members (excludes halogenated alkanes) is 7. The van der Waals surface area contributed by atoms with Gasteiger partial charge in [0, 0.05) is 0 Å². The van der Waals surface area contributed by atoms with E-state index in [0.717, 1.165) is 38.5 Å². The van der Waals surface area contributed by atoms with Gasteiger partial charge in [0.25, 0.3) is 0 Å². The first-order valence-corrected chi connectivity index (χ1v) is 9.53. The van der Waals surface area contributed by atoms with Crippen LogP contribution in [0.4, 0.5) is 0 Å². The van der Waals surface area contributed by atoms with E-state index in [9.17, 15) is 18.1 Å². The van der Waals surface area contributed by atoms with Gasteiger partial charge in [0.05, 0.1) is 11.4 Å². The average Bonchev–Trinajstić information content (AvgIpc) is 2.36. The standard InChI is InChI=1S/C15H32O4S.K/c1-3-5-7-8-9-11-13-15(20(17,18)19)14(16)12-10-6-4-2;/h14-16H,3-13H2,1-2H3,(H,17,18,19);/q;+1/p-1. The molecule has 1 N–H and O–H groups in total. The van der Waals surface area contributed by atoms with Crippen molar-refractivity contribution in [3.05, 3.63) is 0 Å². The molecule has 0 bridgehead atoms. The predicted octanol–water partition coefficient (Wildman–Crippen LogP) is 0.596. The normalized spacial score (nSPS) is 14.5. The predicted molar refractivity (Wildman–Crippen MR) is 81.6 cm³/mol. The van der Waals surface area contributed by atoms with Gasteiger partial charge in [-0.15, -0.1) is 0 Å². The minimum absolute atomic E-state index is 0. The number of hydrogen-bond donors (Lipinski definition) is 1. The van der Waals surface area contributed by atoms with E-state index in [1.807, 2.05) is 6.92 Å². The molecule has 0 radical (unpaired) electrons. The minimum Gasteiger partial charge on any atom is -0.748 e. The van der Waals surface area contributed by atoms with Crippen LogP contribution in [0.1, 0.15) is 84.5 Å². The molecule has 0 fully saturated rings. The molecule has 0 saturated carbocycles. The van der Waals surface area contributed by atoms with Gasteiger partial charge < -0.3 is 9.66 Å². The Morgan fingerprint density at radius 3 is 1.81 bits per heavy atom. The molecule has 0 heterocycles. The summed E-state index contributed by atoms with van der Waals surface area (Å²) in [6.07, 6.45) is 8.71. The smallest absolute Gasteiger partial charge is 0.748 e. The molecule has 6 heteroatoms. The van der Waals surface area contributed by atoms with E-state index in [1.54, 1.807) is 0 Å². The zero-order valence-electron chi connectivity index (χ0n) is 14.0. The average molecular weight is 347 g/mol. The van der Waals surface area contributed by atoms with E-state index in [1.165, 1.54) is 12.8 Å². The molecule has 4 nitrogen and oxygen atoms in total. The van der Waals surface area contributed by atoms with Crippen LogP contribution in [-0.4, -0.2) is 29.4 Å². The first kappa shape index (κ1) is 24.8. The van der Waals surface area contributed by atoms with E-state index in [2.05, 4.69) is 6.92 Å². The molecular formula is C15H31KO4S. The van der Waals surface area contributed by atoms with Crippen molar-refractivity contribution in [1.82, 2.24) is 0 Å². The molecule has 0 amide bonds. The zero-order chi connectivity index (χ0) is 15.4. The van der Waals surface area contributed by atoms with Crippen LogP contribution in [0, 0.1) is 0 Å². The molecule has 0 spiro atoms. The second-order valence-electron chi connectivity index (χ2n) is 5.65. The van der Waals surface area contributed by atoms with Gasteiger partial charge in [-0.2, -0.15) is 0 Å². The fourth-order valence-electron chi connectivity index (χ4n) is 2.44. The molecule has 2 atom stereocenters. The second-order valence-corrected chi connectivity index (χ2v) is 7.24. The van der Waals surface area contributed by atoms with Crippen molar-refractivity contribution in [2.45, 2.75) is 95.8 Å².